The van der Waals surface area contributed by atoms with Crippen molar-refractivity contribution in [2.24, 2.45) is 0 Å². The van der Waals surface area contributed by atoms with Gasteiger partial charge in [-0.2, -0.15) is 0 Å². The molecule has 1 aliphatic heterocycles. The minimum Gasteiger partial charge on any atom is -0.497 e. The number of carbonyl (C=O) groups is 1. The molecule has 8 nitrogen and oxygen atoms in total. The number of rotatable bonds is 5. The number of amides is 2. The van der Waals surface area contributed by atoms with Gasteiger partial charge in [0, 0.05) is 30.0 Å². The van der Waals surface area contributed by atoms with E-state index in [9.17, 15) is 4.79 Å². The summed E-state index contributed by atoms with van der Waals surface area (Å²) in [6, 6.07) is 18.2. The van der Waals surface area contributed by atoms with E-state index in [0.29, 0.717) is 24.6 Å². The maximum atomic E-state index is 12.3. The second-order valence-corrected chi connectivity index (χ2v) is 6.76. The number of anilines is 3. The van der Waals surface area contributed by atoms with Crippen LogP contribution in [0.2, 0.25) is 0 Å². The van der Waals surface area contributed by atoms with Gasteiger partial charge in [-0.25, -0.2) is 4.79 Å². The molecule has 0 radical (unpaired) electrons. The van der Waals surface area contributed by atoms with Crippen LogP contribution in [0, 0.1) is 0 Å². The topological polar surface area (TPSA) is 88.6 Å². The van der Waals surface area contributed by atoms with E-state index < -0.39 is 0 Å². The normalized spacial score (nSPS) is 13.6. The number of morpholine rings is 1. The van der Waals surface area contributed by atoms with Gasteiger partial charge >= 0.3 is 6.03 Å². The third kappa shape index (κ3) is 4.84. The van der Waals surface area contributed by atoms with Crippen LogP contribution in [-0.2, 0) is 4.74 Å². The predicted octanol–water partition coefficient (Wildman–Crippen LogP) is 3.63. The van der Waals surface area contributed by atoms with Crippen LogP contribution in [0.25, 0.3) is 11.3 Å². The summed E-state index contributed by atoms with van der Waals surface area (Å²) in [5.41, 5.74) is 2.95. The van der Waals surface area contributed by atoms with Gasteiger partial charge in [0.15, 0.2) is 5.82 Å². The summed E-state index contributed by atoms with van der Waals surface area (Å²) in [5, 5.41) is 14.3. The number of benzene rings is 2. The van der Waals surface area contributed by atoms with E-state index in [1.165, 1.54) is 0 Å². The molecule has 0 atom stereocenters. The highest BCUT2D eigenvalue weighted by Gasteiger charge is 2.13. The Morgan fingerprint density at radius 3 is 2.43 bits per heavy atom. The standard InChI is InChI=1S/C22H23N5O3/c1-29-19-7-5-17(6-8-19)23-22(28)24-18-4-2-3-16(15-18)20-9-10-21(26-25-20)27-11-13-30-14-12-27/h2-10,15H,11-14H2,1H3,(H2,23,24,28). The van der Waals surface area contributed by atoms with E-state index in [1.807, 2.05) is 36.4 Å². The Kier molecular flexibility index (Phi) is 6.05. The Balaban J connectivity index is 1.41. The molecule has 30 heavy (non-hydrogen) atoms. The second kappa shape index (κ2) is 9.23. The third-order valence-corrected chi connectivity index (χ3v) is 4.75. The number of methoxy groups -OCH3 is 1. The lowest BCUT2D eigenvalue weighted by molar-refractivity contribution is 0.122. The molecule has 1 aliphatic rings. The second-order valence-electron chi connectivity index (χ2n) is 6.76. The molecular formula is C22H23N5O3. The van der Waals surface area contributed by atoms with Gasteiger partial charge in [-0.1, -0.05) is 12.1 Å². The Morgan fingerprint density at radius 2 is 1.73 bits per heavy atom. The molecule has 0 saturated carbocycles. The number of aromatic nitrogens is 2. The van der Waals surface area contributed by atoms with Crippen LogP contribution in [0.4, 0.5) is 22.0 Å². The molecule has 1 saturated heterocycles. The molecule has 0 unspecified atom stereocenters. The van der Waals surface area contributed by atoms with Crippen molar-refractivity contribution in [3.63, 3.8) is 0 Å². The Labute approximate surface area is 174 Å². The van der Waals surface area contributed by atoms with Gasteiger partial charge in [0.1, 0.15) is 5.75 Å². The van der Waals surface area contributed by atoms with Gasteiger partial charge in [-0.3, -0.25) is 0 Å². The van der Waals surface area contributed by atoms with E-state index in [2.05, 4.69) is 25.7 Å². The average Bonchev–Trinajstić information content (AvgIpc) is 2.80. The monoisotopic (exact) mass is 405 g/mol. The minimum absolute atomic E-state index is 0.328. The fourth-order valence-electron chi connectivity index (χ4n) is 3.16. The highest BCUT2D eigenvalue weighted by atomic mass is 16.5. The van der Waals surface area contributed by atoms with Gasteiger partial charge in [0.2, 0.25) is 0 Å². The van der Waals surface area contributed by atoms with Crippen molar-refractivity contribution < 1.29 is 14.3 Å². The van der Waals surface area contributed by atoms with E-state index in [0.717, 1.165) is 35.9 Å². The Bertz CT molecular complexity index is 986. The number of nitrogens with zero attached hydrogens (tertiary/aromatic N) is 3. The molecule has 8 heteroatoms. The van der Waals surface area contributed by atoms with Crippen LogP contribution in [0.1, 0.15) is 0 Å². The van der Waals surface area contributed by atoms with E-state index in [4.69, 9.17) is 9.47 Å². The Morgan fingerprint density at radius 1 is 0.967 bits per heavy atom. The summed E-state index contributed by atoms with van der Waals surface area (Å²) < 4.78 is 10.5. The molecule has 0 spiro atoms. The maximum Gasteiger partial charge on any atom is 0.323 e. The lowest BCUT2D eigenvalue weighted by atomic mass is 10.1. The highest BCUT2D eigenvalue weighted by molar-refractivity contribution is 6.00. The molecule has 2 aromatic carbocycles. The maximum absolute atomic E-state index is 12.3. The number of ether oxygens (including phenoxy) is 2. The molecule has 2 N–H and O–H groups in total. The predicted molar refractivity (Wildman–Crippen MR) is 116 cm³/mol. The van der Waals surface area contributed by atoms with Crippen molar-refractivity contribution in [2.45, 2.75) is 0 Å². The number of urea groups is 1. The number of hydrogen-bond donors (Lipinski definition) is 2. The number of nitrogens with one attached hydrogen (secondary N) is 2. The van der Waals surface area contributed by atoms with Gasteiger partial charge in [-0.15, -0.1) is 10.2 Å². The highest BCUT2D eigenvalue weighted by Crippen LogP contribution is 2.22. The molecule has 3 aromatic rings. The third-order valence-electron chi connectivity index (χ3n) is 4.75. The lowest BCUT2D eigenvalue weighted by Crippen LogP contribution is -2.36. The van der Waals surface area contributed by atoms with Crippen molar-refractivity contribution in [3.05, 3.63) is 60.7 Å². The zero-order valence-electron chi connectivity index (χ0n) is 16.7. The quantitative estimate of drug-likeness (QED) is 0.674. The first kappa shape index (κ1) is 19.7. The minimum atomic E-state index is -0.328. The first-order chi connectivity index (χ1) is 14.7. The van der Waals surface area contributed by atoms with Crippen LogP contribution in [-0.4, -0.2) is 49.6 Å². The van der Waals surface area contributed by atoms with E-state index in [-0.39, 0.29) is 6.03 Å². The Hall–Kier alpha value is -3.65. The van der Waals surface area contributed by atoms with E-state index >= 15 is 0 Å². The summed E-state index contributed by atoms with van der Waals surface area (Å²) in [7, 11) is 1.60. The van der Waals surface area contributed by atoms with Crippen LogP contribution in [0.5, 0.6) is 5.75 Å². The molecular weight excluding hydrogens is 382 g/mol. The molecule has 2 heterocycles. The van der Waals surface area contributed by atoms with Crippen molar-refractivity contribution >= 4 is 23.2 Å². The first-order valence-electron chi connectivity index (χ1n) is 9.70. The summed E-state index contributed by atoms with van der Waals surface area (Å²) in [4.78, 5) is 14.5. The number of hydrogen-bond acceptors (Lipinski definition) is 6. The number of carbonyl (C=O) groups excluding carboxylic acids is 1. The molecule has 2 amide bonds. The molecule has 1 aromatic heterocycles. The average molecular weight is 405 g/mol. The van der Waals surface area contributed by atoms with Crippen molar-refractivity contribution in [3.8, 4) is 17.0 Å². The fraction of sp³-hybridized carbons (Fsp3) is 0.227. The molecule has 0 bridgehead atoms. The summed E-state index contributed by atoms with van der Waals surface area (Å²) in [6.45, 7) is 3.04. The molecule has 4 rings (SSSR count). The van der Waals surface area contributed by atoms with Crippen molar-refractivity contribution in [2.75, 3.05) is 48.9 Å². The largest absolute Gasteiger partial charge is 0.497 e. The first-order valence-corrected chi connectivity index (χ1v) is 9.70. The fourth-order valence-corrected chi connectivity index (χ4v) is 3.16. The molecule has 1 fully saturated rings. The molecule has 154 valence electrons. The summed E-state index contributed by atoms with van der Waals surface area (Å²) in [5.74, 6) is 1.57. The summed E-state index contributed by atoms with van der Waals surface area (Å²) in [6.07, 6.45) is 0. The summed E-state index contributed by atoms with van der Waals surface area (Å²) >= 11 is 0. The van der Waals surface area contributed by atoms with Crippen LogP contribution in [0.15, 0.2) is 60.7 Å². The van der Waals surface area contributed by atoms with Crippen LogP contribution in [0.3, 0.4) is 0 Å². The zero-order chi connectivity index (χ0) is 20.8. The zero-order valence-corrected chi connectivity index (χ0v) is 16.7. The molecule has 0 aliphatic carbocycles. The SMILES string of the molecule is COc1ccc(NC(=O)Nc2cccc(-c3ccc(N4CCOCC4)nn3)c2)cc1. The van der Waals surface area contributed by atoms with Crippen molar-refractivity contribution in [1.82, 2.24) is 10.2 Å². The van der Waals surface area contributed by atoms with E-state index in [1.54, 1.807) is 31.4 Å². The van der Waals surface area contributed by atoms with Gasteiger partial charge in [-0.05, 0) is 48.5 Å². The van der Waals surface area contributed by atoms with Gasteiger partial charge < -0.3 is 25.0 Å². The van der Waals surface area contributed by atoms with Gasteiger partial charge in [0.25, 0.3) is 0 Å². The lowest BCUT2D eigenvalue weighted by Gasteiger charge is -2.27. The van der Waals surface area contributed by atoms with Gasteiger partial charge in [0.05, 0.1) is 26.0 Å². The van der Waals surface area contributed by atoms with Crippen LogP contribution >= 0.6 is 0 Å². The smallest absolute Gasteiger partial charge is 0.323 e. The van der Waals surface area contributed by atoms with Crippen molar-refractivity contribution in [1.29, 1.82) is 0 Å². The van der Waals surface area contributed by atoms with Crippen LogP contribution < -0.4 is 20.3 Å².